The number of aromatic hydroxyl groups is 1. The number of hydrogen-bond acceptors (Lipinski definition) is 4. The Morgan fingerprint density at radius 3 is 2.29 bits per heavy atom. The second kappa shape index (κ2) is 7.96. The number of hydrogen-bond donors (Lipinski definition) is 1. The third-order valence-corrected chi connectivity index (χ3v) is 6.16. The van der Waals surface area contributed by atoms with Crippen molar-refractivity contribution in [3.63, 3.8) is 0 Å². The molecule has 1 N–H and O–H groups in total. The van der Waals surface area contributed by atoms with E-state index in [9.17, 15) is 13.9 Å². The molecule has 3 nitrogen and oxygen atoms in total. The molecule has 154 valence electrons. The number of benzene rings is 3. The van der Waals surface area contributed by atoms with Crippen LogP contribution in [0.25, 0.3) is 21.6 Å². The summed E-state index contributed by atoms with van der Waals surface area (Å²) in [6, 6.07) is 21.0. The molecule has 0 spiro atoms. The number of rotatable bonds is 4. The fraction of sp³-hybridized carbons (Fsp3) is 0.0800. The monoisotopic (exact) mass is 433 g/mol. The van der Waals surface area contributed by atoms with Crippen molar-refractivity contribution in [2.24, 2.45) is 4.99 Å². The van der Waals surface area contributed by atoms with Crippen LogP contribution in [-0.4, -0.2) is 17.6 Å². The van der Waals surface area contributed by atoms with Gasteiger partial charge < -0.3 is 9.84 Å². The highest BCUT2D eigenvalue weighted by atomic mass is 32.1. The molecule has 0 fully saturated rings. The largest absolute Gasteiger partial charge is 0.507 e. The molecule has 2 heterocycles. The first kappa shape index (κ1) is 19.5. The van der Waals surface area contributed by atoms with Gasteiger partial charge in [0.05, 0.1) is 0 Å². The summed E-state index contributed by atoms with van der Waals surface area (Å²) in [7, 11) is 0. The predicted octanol–water partition coefficient (Wildman–Crippen LogP) is 6.58. The number of halogens is 2. The molecule has 1 atom stereocenters. The van der Waals surface area contributed by atoms with Gasteiger partial charge >= 0.3 is 0 Å². The van der Waals surface area contributed by atoms with Crippen molar-refractivity contribution in [2.45, 2.75) is 6.04 Å². The smallest absolute Gasteiger partial charge is 0.222 e. The van der Waals surface area contributed by atoms with Crippen molar-refractivity contribution in [2.75, 3.05) is 6.61 Å². The molecule has 1 aliphatic heterocycles. The van der Waals surface area contributed by atoms with Crippen molar-refractivity contribution in [1.82, 2.24) is 0 Å². The van der Waals surface area contributed by atoms with Crippen LogP contribution in [0, 0.1) is 11.6 Å². The van der Waals surface area contributed by atoms with Crippen LogP contribution >= 0.6 is 11.3 Å². The number of ether oxygens (including phenoxy) is 1. The van der Waals surface area contributed by atoms with E-state index in [0.29, 0.717) is 0 Å². The quantitative estimate of drug-likeness (QED) is 0.395. The van der Waals surface area contributed by atoms with Crippen molar-refractivity contribution in [1.29, 1.82) is 0 Å². The maximum absolute atomic E-state index is 14.0. The summed E-state index contributed by atoms with van der Waals surface area (Å²) >= 11 is 1.49. The van der Waals surface area contributed by atoms with E-state index in [1.165, 1.54) is 29.5 Å². The zero-order valence-electron chi connectivity index (χ0n) is 16.3. The van der Waals surface area contributed by atoms with Gasteiger partial charge in [-0.1, -0.05) is 54.6 Å². The van der Waals surface area contributed by atoms with Crippen molar-refractivity contribution in [3.8, 4) is 27.3 Å². The zero-order valence-corrected chi connectivity index (χ0v) is 17.1. The van der Waals surface area contributed by atoms with Crippen LogP contribution in [0.15, 0.2) is 83.2 Å². The third kappa shape index (κ3) is 3.70. The SMILES string of the molecule is Oc1csc(-c2ccccc2-c2ccc(C3COC(c4c(F)cccc4F)=N3)cc2)c1. The van der Waals surface area contributed by atoms with Gasteiger partial charge in [-0.25, -0.2) is 13.8 Å². The van der Waals surface area contributed by atoms with Gasteiger partial charge in [0.1, 0.15) is 35.6 Å². The number of thiophene rings is 1. The highest BCUT2D eigenvalue weighted by Crippen LogP contribution is 2.38. The Labute approximate surface area is 181 Å². The molecule has 0 radical (unpaired) electrons. The Balaban J connectivity index is 1.44. The first-order chi connectivity index (χ1) is 15.1. The molecular weight excluding hydrogens is 416 g/mol. The van der Waals surface area contributed by atoms with Crippen molar-refractivity contribution >= 4 is 17.2 Å². The Morgan fingerprint density at radius 2 is 1.61 bits per heavy atom. The van der Waals surface area contributed by atoms with Gasteiger partial charge in [0, 0.05) is 10.3 Å². The van der Waals surface area contributed by atoms with Crippen LogP contribution in [0.2, 0.25) is 0 Å². The molecule has 5 rings (SSSR count). The van der Waals surface area contributed by atoms with E-state index >= 15 is 0 Å². The van der Waals surface area contributed by atoms with E-state index in [4.69, 9.17) is 4.74 Å². The minimum absolute atomic E-state index is 0.00692. The summed E-state index contributed by atoms with van der Waals surface area (Å²) in [5.74, 6) is -1.13. The Bertz CT molecular complexity index is 1260. The zero-order chi connectivity index (χ0) is 21.4. The van der Waals surface area contributed by atoms with Crippen LogP contribution in [0.4, 0.5) is 8.78 Å². The maximum atomic E-state index is 14.0. The summed E-state index contributed by atoms with van der Waals surface area (Å²) in [4.78, 5) is 5.40. The van der Waals surface area contributed by atoms with Gasteiger partial charge in [0.2, 0.25) is 5.90 Å². The molecule has 0 saturated carbocycles. The number of aliphatic imine (C=N–C) groups is 1. The Kier molecular flexibility index (Phi) is 5.00. The van der Waals surface area contributed by atoms with Crippen molar-refractivity contribution in [3.05, 3.63) is 101 Å². The first-order valence-corrected chi connectivity index (χ1v) is 10.6. The average molecular weight is 433 g/mol. The van der Waals surface area contributed by atoms with E-state index in [1.807, 2.05) is 48.5 Å². The third-order valence-electron chi connectivity index (χ3n) is 5.21. The van der Waals surface area contributed by atoms with Crippen LogP contribution in [0.5, 0.6) is 5.75 Å². The van der Waals surface area contributed by atoms with Gasteiger partial charge in [-0.2, -0.15) is 0 Å². The molecule has 0 bridgehead atoms. The maximum Gasteiger partial charge on any atom is 0.222 e. The number of nitrogens with zero attached hydrogens (tertiary/aromatic N) is 1. The fourth-order valence-electron chi connectivity index (χ4n) is 3.69. The summed E-state index contributed by atoms with van der Waals surface area (Å²) in [6.45, 7) is 0.230. The highest BCUT2D eigenvalue weighted by molar-refractivity contribution is 7.13. The fourth-order valence-corrected chi connectivity index (χ4v) is 4.50. The van der Waals surface area contributed by atoms with E-state index in [1.54, 1.807) is 11.4 Å². The first-order valence-electron chi connectivity index (χ1n) is 9.72. The van der Waals surface area contributed by atoms with E-state index < -0.39 is 11.6 Å². The summed E-state index contributed by atoms with van der Waals surface area (Å²) < 4.78 is 33.6. The minimum Gasteiger partial charge on any atom is -0.507 e. The summed E-state index contributed by atoms with van der Waals surface area (Å²) in [5, 5.41) is 11.4. The summed E-state index contributed by atoms with van der Waals surface area (Å²) in [6.07, 6.45) is 0. The van der Waals surface area contributed by atoms with Gasteiger partial charge in [-0.15, -0.1) is 11.3 Å². The van der Waals surface area contributed by atoms with Crippen LogP contribution < -0.4 is 0 Å². The molecule has 1 aromatic heterocycles. The van der Waals surface area contributed by atoms with Gasteiger partial charge in [0.25, 0.3) is 0 Å². The normalized spacial score (nSPS) is 15.5. The van der Waals surface area contributed by atoms with E-state index in [2.05, 4.69) is 4.99 Å². The van der Waals surface area contributed by atoms with Crippen LogP contribution in [-0.2, 0) is 4.74 Å². The van der Waals surface area contributed by atoms with E-state index in [0.717, 1.165) is 27.1 Å². The molecular formula is C25H17F2NO2S. The predicted molar refractivity (Wildman–Crippen MR) is 118 cm³/mol. The topological polar surface area (TPSA) is 41.8 Å². The molecule has 1 aliphatic rings. The molecule has 0 amide bonds. The molecule has 4 aromatic rings. The van der Waals surface area contributed by atoms with Crippen molar-refractivity contribution < 1.29 is 18.6 Å². The van der Waals surface area contributed by atoms with Gasteiger partial charge in [0.15, 0.2) is 0 Å². The van der Waals surface area contributed by atoms with Crippen LogP contribution in [0.3, 0.4) is 0 Å². The molecule has 1 unspecified atom stereocenters. The average Bonchev–Trinajstić information content (AvgIpc) is 3.43. The lowest BCUT2D eigenvalue weighted by Crippen LogP contribution is -2.07. The Morgan fingerprint density at radius 1 is 0.903 bits per heavy atom. The Hall–Kier alpha value is -3.51. The molecule has 6 heteroatoms. The summed E-state index contributed by atoms with van der Waals surface area (Å²) in [5.41, 5.74) is 3.79. The second-order valence-electron chi connectivity index (χ2n) is 7.19. The van der Waals surface area contributed by atoms with Gasteiger partial charge in [-0.05, 0) is 40.5 Å². The molecule has 0 aliphatic carbocycles. The van der Waals surface area contributed by atoms with Gasteiger partial charge in [-0.3, -0.25) is 0 Å². The van der Waals surface area contributed by atoms with E-state index in [-0.39, 0.29) is 29.9 Å². The molecule has 0 saturated heterocycles. The lowest BCUT2D eigenvalue weighted by atomic mass is 9.96. The lowest BCUT2D eigenvalue weighted by Gasteiger charge is -2.10. The minimum atomic E-state index is -0.689. The lowest BCUT2D eigenvalue weighted by molar-refractivity contribution is 0.317. The standard InChI is InChI=1S/C25H17F2NO2S/c26-20-6-3-7-21(27)24(20)25-28-22(13-30-25)16-10-8-15(9-11-16)18-4-1-2-5-19(18)23-12-17(29)14-31-23/h1-12,14,22,29H,13H2. The van der Waals surface area contributed by atoms with Crippen LogP contribution in [0.1, 0.15) is 17.2 Å². The molecule has 3 aromatic carbocycles. The molecule has 31 heavy (non-hydrogen) atoms. The second-order valence-corrected chi connectivity index (χ2v) is 8.11. The highest BCUT2D eigenvalue weighted by Gasteiger charge is 2.26.